The number of aryl methyl sites for hydroxylation is 1. The topological polar surface area (TPSA) is 90.4 Å². The molecule has 4 rings (SSSR count). The first-order valence-corrected chi connectivity index (χ1v) is 10.6. The predicted molar refractivity (Wildman–Crippen MR) is 122 cm³/mol. The average Bonchev–Trinajstić information content (AvgIpc) is 2.78. The molecule has 2 atom stereocenters. The lowest BCUT2D eigenvalue weighted by molar-refractivity contribution is 0.242. The molecule has 0 bridgehead atoms. The van der Waals surface area contributed by atoms with Gasteiger partial charge < -0.3 is 15.7 Å². The molecule has 0 radical (unpaired) electrons. The molecule has 2 aromatic carbocycles. The molecule has 3 aromatic rings. The number of hydrogen-bond acceptors (Lipinski definition) is 5. The second-order valence-electron chi connectivity index (χ2n) is 8.00. The molecule has 0 spiro atoms. The molecule has 1 aromatic heterocycles. The van der Waals surface area contributed by atoms with Crippen molar-refractivity contribution in [3.63, 3.8) is 0 Å². The number of urea groups is 1. The Hall–Kier alpha value is -3.52. The summed E-state index contributed by atoms with van der Waals surface area (Å²) in [4.78, 5) is 23.9. The monoisotopic (exact) mass is 435 g/mol. The van der Waals surface area contributed by atoms with Crippen molar-refractivity contribution < 1.29 is 14.3 Å². The normalized spacial score (nSPS) is 15.0. The average molecular weight is 436 g/mol. The van der Waals surface area contributed by atoms with Gasteiger partial charge in [0.1, 0.15) is 11.6 Å². The van der Waals surface area contributed by atoms with Crippen LogP contribution in [-0.2, 0) is 6.54 Å². The molecule has 0 aliphatic carbocycles. The number of amides is 2. The Labute approximate surface area is 186 Å². The minimum Gasteiger partial charge on any atom is -0.394 e. The predicted octanol–water partition coefficient (Wildman–Crippen LogP) is 4.17. The fraction of sp³-hybridized carbons (Fsp3) is 0.292. The molecule has 2 heterocycles. The zero-order valence-corrected chi connectivity index (χ0v) is 18.3. The SMILES string of the molecule is Cc1cc(F)ccc1-c1nc(N[C@H](C)CO)nc2c1CNC(=O)N2[C@@H](C)c1ccccc1. The first-order chi connectivity index (χ1) is 15.4. The van der Waals surface area contributed by atoms with Gasteiger partial charge in [-0.25, -0.2) is 14.2 Å². The van der Waals surface area contributed by atoms with Gasteiger partial charge in [-0.3, -0.25) is 4.90 Å². The number of rotatable bonds is 6. The van der Waals surface area contributed by atoms with Crippen LogP contribution in [0.1, 0.15) is 36.6 Å². The highest BCUT2D eigenvalue weighted by atomic mass is 19.1. The fourth-order valence-electron chi connectivity index (χ4n) is 3.87. The summed E-state index contributed by atoms with van der Waals surface area (Å²) in [6.07, 6.45) is 0. The molecule has 8 heteroatoms. The third-order valence-electron chi connectivity index (χ3n) is 5.61. The summed E-state index contributed by atoms with van der Waals surface area (Å²) in [6.45, 7) is 5.73. The zero-order chi connectivity index (χ0) is 22.8. The Morgan fingerprint density at radius 1 is 1.19 bits per heavy atom. The maximum absolute atomic E-state index is 13.8. The summed E-state index contributed by atoms with van der Waals surface area (Å²) >= 11 is 0. The van der Waals surface area contributed by atoms with E-state index >= 15 is 0 Å². The van der Waals surface area contributed by atoms with E-state index in [1.807, 2.05) is 51.1 Å². The number of benzene rings is 2. The summed E-state index contributed by atoms with van der Waals surface area (Å²) in [5.74, 6) is 0.463. The lowest BCUT2D eigenvalue weighted by Gasteiger charge is -2.35. The number of hydrogen-bond donors (Lipinski definition) is 3. The van der Waals surface area contributed by atoms with Crippen molar-refractivity contribution in [2.24, 2.45) is 0 Å². The van der Waals surface area contributed by atoms with Crippen LogP contribution >= 0.6 is 0 Å². The van der Waals surface area contributed by atoms with Crippen molar-refractivity contribution in [3.05, 3.63) is 71.0 Å². The van der Waals surface area contributed by atoms with Gasteiger partial charge in [-0.1, -0.05) is 30.3 Å². The molecule has 2 amide bonds. The maximum Gasteiger partial charge on any atom is 0.323 e. The van der Waals surface area contributed by atoms with Crippen LogP contribution in [0.3, 0.4) is 0 Å². The summed E-state index contributed by atoms with van der Waals surface area (Å²) in [5.41, 5.74) is 3.82. The third kappa shape index (κ3) is 4.13. The Bertz CT molecular complexity index is 1140. The summed E-state index contributed by atoms with van der Waals surface area (Å²) < 4.78 is 13.8. The Kier molecular flexibility index (Phi) is 6.05. The van der Waals surface area contributed by atoms with Crippen molar-refractivity contribution in [1.29, 1.82) is 0 Å². The largest absolute Gasteiger partial charge is 0.394 e. The van der Waals surface area contributed by atoms with E-state index in [9.17, 15) is 14.3 Å². The molecule has 0 saturated heterocycles. The fourth-order valence-corrected chi connectivity index (χ4v) is 3.87. The summed E-state index contributed by atoms with van der Waals surface area (Å²) in [7, 11) is 0. The zero-order valence-electron chi connectivity index (χ0n) is 18.3. The van der Waals surface area contributed by atoms with E-state index in [1.54, 1.807) is 11.0 Å². The second-order valence-corrected chi connectivity index (χ2v) is 8.00. The van der Waals surface area contributed by atoms with Crippen LogP contribution in [0.25, 0.3) is 11.3 Å². The molecule has 0 saturated carbocycles. The van der Waals surface area contributed by atoms with Crippen molar-refractivity contribution in [1.82, 2.24) is 15.3 Å². The van der Waals surface area contributed by atoms with Gasteiger partial charge in [-0.05, 0) is 50.1 Å². The van der Waals surface area contributed by atoms with Gasteiger partial charge in [0.2, 0.25) is 5.95 Å². The molecule has 7 nitrogen and oxygen atoms in total. The van der Waals surface area contributed by atoms with Gasteiger partial charge in [0.05, 0.1) is 24.9 Å². The molecule has 166 valence electrons. The number of aromatic nitrogens is 2. The van der Waals surface area contributed by atoms with Crippen LogP contribution in [0.15, 0.2) is 48.5 Å². The van der Waals surface area contributed by atoms with Crippen LogP contribution in [0.4, 0.5) is 21.0 Å². The van der Waals surface area contributed by atoms with Gasteiger partial charge in [0, 0.05) is 17.2 Å². The van der Waals surface area contributed by atoms with E-state index in [0.29, 0.717) is 17.5 Å². The smallest absolute Gasteiger partial charge is 0.323 e. The van der Waals surface area contributed by atoms with Crippen LogP contribution in [0, 0.1) is 12.7 Å². The third-order valence-corrected chi connectivity index (χ3v) is 5.61. The number of fused-ring (bicyclic) bond motifs is 1. The first kappa shape index (κ1) is 21.7. The van der Waals surface area contributed by atoms with Crippen molar-refractivity contribution >= 4 is 17.8 Å². The minimum atomic E-state index is -0.325. The van der Waals surface area contributed by atoms with Crippen LogP contribution in [0.5, 0.6) is 0 Å². The second kappa shape index (κ2) is 8.92. The first-order valence-electron chi connectivity index (χ1n) is 10.6. The van der Waals surface area contributed by atoms with E-state index in [0.717, 1.165) is 22.3 Å². The van der Waals surface area contributed by atoms with E-state index in [2.05, 4.69) is 15.6 Å². The number of carbonyl (C=O) groups excluding carboxylic acids is 1. The molecule has 0 fully saturated rings. The summed E-state index contributed by atoms with van der Waals surface area (Å²) in [5, 5.41) is 15.5. The minimum absolute atomic E-state index is 0.101. The number of halogens is 1. The van der Waals surface area contributed by atoms with E-state index in [-0.39, 0.29) is 37.1 Å². The van der Waals surface area contributed by atoms with Crippen molar-refractivity contribution in [2.45, 2.75) is 39.4 Å². The molecule has 1 aliphatic heterocycles. The highest BCUT2D eigenvalue weighted by molar-refractivity contribution is 5.96. The van der Waals surface area contributed by atoms with Crippen LogP contribution < -0.4 is 15.5 Å². The van der Waals surface area contributed by atoms with Crippen LogP contribution in [-0.4, -0.2) is 33.8 Å². The van der Waals surface area contributed by atoms with Gasteiger partial charge in [0.15, 0.2) is 0 Å². The molecular weight excluding hydrogens is 409 g/mol. The highest BCUT2D eigenvalue weighted by Gasteiger charge is 2.33. The van der Waals surface area contributed by atoms with E-state index in [1.165, 1.54) is 12.1 Å². The maximum atomic E-state index is 13.8. The van der Waals surface area contributed by atoms with Gasteiger partial charge >= 0.3 is 6.03 Å². The van der Waals surface area contributed by atoms with E-state index < -0.39 is 0 Å². The van der Waals surface area contributed by atoms with Crippen LogP contribution in [0.2, 0.25) is 0 Å². The quantitative estimate of drug-likeness (QED) is 0.541. The van der Waals surface area contributed by atoms with Gasteiger partial charge in [-0.2, -0.15) is 4.98 Å². The van der Waals surface area contributed by atoms with Crippen molar-refractivity contribution in [2.75, 3.05) is 16.8 Å². The Morgan fingerprint density at radius 2 is 1.94 bits per heavy atom. The Balaban J connectivity index is 1.90. The molecule has 1 aliphatic rings. The Morgan fingerprint density at radius 3 is 2.62 bits per heavy atom. The molecule has 3 N–H and O–H groups in total. The lowest BCUT2D eigenvalue weighted by Crippen LogP contribution is -2.46. The number of nitrogens with zero attached hydrogens (tertiary/aromatic N) is 3. The van der Waals surface area contributed by atoms with Gasteiger partial charge in [-0.15, -0.1) is 0 Å². The molecule has 0 unspecified atom stereocenters. The highest BCUT2D eigenvalue weighted by Crippen LogP contribution is 2.37. The number of carbonyl (C=O) groups is 1. The summed E-state index contributed by atoms with van der Waals surface area (Å²) in [6, 6.07) is 13.4. The lowest BCUT2D eigenvalue weighted by atomic mass is 9.99. The van der Waals surface area contributed by atoms with Crippen molar-refractivity contribution in [3.8, 4) is 11.3 Å². The number of nitrogens with one attached hydrogen (secondary N) is 2. The number of aliphatic hydroxyl groups excluding tert-OH is 1. The molecular formula is C24H26FN5O2. The van der Waals surface area contributed by atoms with Gasteiger partial charge in [0.25, 0.3) is 0 Å². The number of aliphatic hydroxyl groups is 1. The standard InChI is InChI=1S/C24H26FN5O2/c1-14-11-18(25)9-10-19(14)21-20-12-26-24(32)30(16(3)17-7-5-4-6-8-17)22(20)29-23(28-21)27-15(2)13-31/h4-11,15-16,31H,12-13H2,1-3H3,(H,26,32)(H,27,28,29)/t15-,16+/m1/s1. The number of anilines is 2. The molecule has 32 heavy (non-hydrogen) atoms. The van der Waals surface area contributed by atoms with E-state index in [4.69, 9.17) is 4.98 Å².